The van der Waals surface area contributed by atoms with Crippen LogP contribution in [0.15, 0.2) is 78.9 Å². The molecular formula is C27H28ClNO4. The number of aliphatic hydroxyl groups is 1. The minimum atomic E-state index is -0.580. The summed E-state index contributed by atoms with van der Waals surface area (Å²) < 4.78 is 10.9. The largest absolute Gasteiger partial charge is 1.00 e. The maximum Gasteiger partial charge on any atom is 0.231 e. The predicted octanol–water partition coefficient (Wildman–Crippen LogP) is 0.605. The Morgan fingerprint density at radius 2 is 1.67 bits per heavy atom. The van der Waals surface area contributed by atoms with Gasteiger partial charge in [0.2, 0.25) is 6.79 Å². The van der Waals surface area contributed by atoms with Crippen LogP contribution < -0.4 is 27.2 Å². The first-order chi connectivity index (χ1) is 15.6. The van der Waals surface area contributed by atoms with Crippen molar-refractivity contribution in [1.82, 2.24) is 0 Å². The van der Waals surface area contributed by atoms with E-state index in [4.69, 9.17) is 9.47 Å². The Bertz CT molecular complexity index is 1090. The first kappa shape index (κ1) is 24.5. The van der Waals surface area contributed by atoms with Crippen LogP contribution in [0.2, 0.25) is 0 Å². The van der Waals surface area contributed by atoms with Gasteiger partial charge in [0.25, 0.3) is 0 Å². The van der Waals surface area contributed by atoms with Crippen LogP contribution in [-0.4, -0.2) is 30.3 Å². The lowest BCUT2D eigenvalue weighted by Gasteiger charge is -2.18. The van der Waals surface area contributed by atoms with E-state index < -0.39 is 6.10 Å². The highest BCUT2D eigenvalue weighted by atomic mass is 35.5. The molecule has 1 heterocycles. The number of allylic oxidation sites excluding steroid dienone is 1. The van der Waals surface area contributed by atoms with Crippen molar-refractivity contribution in [2.75, 3.05) is 13.3 Å². The van der Waals surface area contributed by atoms with Crippen molar-refractivity contribution in [3.63, 3.8) is 0 Å². The zero-order chi connectivity index (χ0) is 22.3. The summed E-state index contributed by atoms with van der Waals surface area (Å²) in [7, 11) is 0. The highest BCUT2D eigenvalue weighted by Gasteiger charge is 2.20. The Morgan fingerprint density at radius 1 is 1.00 bits per heavy atom. The molecule has 4 rings (SSSR count). The Hall–Kier alpha value is -3.12. The second-order valence-corrected chi connectivity index (χ2v) is 7.95. The van der Waals surface area contributed by atoms with E-state index in [1.54, 1.807) is 0 Å². The van der Waals surface area contributed by atoms with E-state index in [1.165, 1.54) is 0 Å². The third-order valence-corrected chi connectivity index (χ3v) is 5.64. The molecule has 172 valence electrons. The van der Waals surface area contributed by atoms with Crippen molar-refractivity contribution >= 4 is 17.4 Å². The standard InChI is InChI=1S/C27H27NO4.ClH/c1-19(27(30)22-10-6-3-7-11-22)28-15-14-24(29)23(21-8-4-2-5-9-21)16-20-12-13-25-26(17-20)32-18-31-25;/h2-13,16-17,19,27-28,30H,14-15,18H2,1H3;1H/b23-16+;. The van der Waals surface area contributed by atoms with Gasteiger partial charge in [0.05, 0.1) is 13.0 Å². The smallest absolute Gasteiger partial charge is 0.231 e. The number of ether oxygens (including phenoxy) is 2. The van der Waals surface area contributed by atoms with Crippen LogP contribution in [0.1, 0.15) is 36.1 Å². The number of quaternary nitrogens is 1. The van der Waals surface area contributed by atoms with E-state index in [9.17, 15) is 9.90 Å². The Kier molecular flexibility index (Phi) is 8.66. The summed E-state index contributed by atoms with van der Waals surface area (Å²) in [5.41, 5.74) is 3.32. The molecule has 0 radical (unpaired) electrons. The maximum atomic E-state index is 13.2. The lowest BCUT2D eigenvalue weighted by molar-refractivity contribution is -0.693. The molecule has 3 aromatic carbocycles. The Balaban J connectivity index is 0.00000306. The number of rotatable bonds is 9. The molecule has 0 fully saturated rings. The van der Waals surface area contributed by atoms with Crippen molar-refractivity contribution in [3.8, 4) is 11.5 Å². The predicted molar refractivity (Wildman–Crippen MR) is 124 cm³/mol. The number of aliphatic hydroxyl groups excluding tert-OH is 1. The fraction of sp³-hybridized carbons (Fsp3) is 0.222. The van der Waals surface area contributed by atoms with Crippen molar-refractivity contribution in [2.24, 2.45) is 0 Å². The summed E-state index contributed by atoms with van der Waals surface area (Å²) in [5.74, 6) is 1.47. The van der Waals surface area contributed by atoms with Gasteiger partial charge in [-0.1, -0.05) is 66.7 Å². The van der Waals surface area contributed by atoms with Crippen LogP contribution in [0.25, 0.3) is 11.6 Å². The van der Waals surface area contributed by atoms with Gasteiger partial charge < -0.3 is 32.3 Å². The van der Waals surface area contributed by atoms with Gasteiger partial charge in [-0.3, -0.25) is 4.79 Å². The first-order valence-electron chi connectivity index (χ1n) is 10.9. The van der Waals surface area contributed by atoms with Gasteiger partial charge in [-0.05, 0) is 41.8 Å². The molecule has 0 bridgehead atoms. The minimum absolute atomic E-state index is 0. The van der Waals surface area contributed by atoms with Crippen LogP contribution in [0.4, 0.5) is 0 Å². The number of carbonyl (C=O) groups is 1. The Morgan fingerprint density at radius 3 is 2.39 bits per heavy atom. The summed E-state index contributed by atoms with van der Waals surface area (Å²) in [4.78, 5) is 13.2. The molecule has 2 unspecified atom stereocenters. The average molecular weight is 466 g/mol. The zero-order valence-electron chi connectivity index (χ0n) is 18.5. The molecule has 3 N–H and O–H groups in total. The minimum Gasteiger partial charge on any atom is -1.00 e. The second-order valence-electron chi connectivity index (χ2n) is 7.95. The van der Waals surface area contributed by atoms with Crippen LogP contribution in [0, 0.1) is 0 Å². The number of nitrogens with two attached hydrogens (primary N) is 1. The quantitative estimate of drug-likeness (QED) is 0.359. The zero-order valence-corrected chi connectivity index (χ0v) is 19.2. The fourth-order valence-electron chi connectivity index (χ4n) is 3.81. The van der Waals surface area contributed by atoms with Gasteiger partial charge >= 0.3 is 0 Å². The normalized spacial score (nSPS) is 14.3. The molecular weight excluding hydrogens is 438 g/mol. The number of ketones is 1. The number of halogens is 1. The van der Waals surface area contributed by atoms with E-state index in [2.05, 4.69) is 0 Å². The van der Waals surface area contributed by atoms with Gasteiger partial charge in [-0.2, -0.15) is 0 Å². The van der Waals surface area contributed by atoms with Crippen LogP contribution in [0.3, 0.4) is 0 Å². The van der Waals surface area contributed by atoms with Gasteiger partial charge in [-0.15, -0.1) is 0 Å². The lowest BCUT2D eigenvalue weighted by Crippen LogP contribution is -3.00. The number of Topliss-reactive ketones (excluding diaryl/α,β-unsaturated/α-hetero) is 1. The maximum absolute atomic E-state index is 13.2. The molecule has 2 atom stereocenters. The molecule has 33 heavy (non-hydrogen) atoms. The van der Waals surface area contributed by atoms with Crippen molar-refractivity contribution < 1.29 is 37.1 Å². The molecule has 0 spiro atoms. The van der Waals surface area contributed by atoms with E-state index in [-0.39, 0.29) is 31.0 Å². The lowest BCUT2D eigenvalue weighted by atomic mass is 9.97. The molecule has 0 aliphatic carbocycles. The third kappa shape index (κ3) is 6.23. The summed E-state index contributed by atoms with van der Waals surface area (Å²) in [6.07, 6.45) is 1.70. The van der Waals surface area contributed by atoms with Gasteiger partial charge in [0.15, 0.2) is 17.3 Å². The summed E-state index contributed by atoms with van der Waals surface area (Å²) in [5, 5.41) is 12.6. The van der Waals surface area contributed by atoms with Crippen molar-refractivity contribution in [2.45, 2.75) is 25.5 Å². The molecule has 0 saturated carbocycles. The SMILES string of the molecule is CC([NH2+]CCC(=O)/C(=C/c1ccc2c(c1)OCO2)c1ccccc1)C(O)c1ccccc1.[Cl-]. The molecule has 0 aromatic heterocycles. The molecule has 3 aromatic rings. The van der Waals surface area contributed by atoms with Crippen molar-refractivity contribution in [1.29, 1.82) is 0 Å². The average Bonchev–Trinajstić information content (AvgIpc) is 3.31. The molecule has 0 amide bonds. The monoisotopic (exact) mass is 465 g/mol. The third-order valence-electron chi connectivity index (χ3n) is 5.64. The Labute approximate surface area is 200 Å². The molecule has 1 aliphatic rings. The van der Waals surface area contributed by atoms with Gasteiger partial charge in [0, 0.05) is 5.57 Å². The molecule has 1 aliphatic heterocycles. The van der Waals surface area contributed by atoms with E-state index in [0.29, 0.717) is 24.3 Å². The van der Waals surface area contributed by atoms with Crippen molar-refractivity contribution in [3.05, 3.63) is 95.6 Å². The first-order valence-corrected chi connectivity index (χ1v) is 10.9. The number of fused-ring (bicyclic) bond motifs is 1. The fourth-order valence-corrected chi connectivity index (χ4v) is 3.81. The van der Waals surface area contributed by atoms with Crippen LogP contribution >= 0.6 is 0 Å². The summed E-state index contributed by atoms with van der Waals surface area (Å²) >= 11 is 0. The molecule has 5 nitrogen and oxygen atoms in total. The molecule has 0 saturated heterocycles. The van der Waals surface area contributed by atoms with Gasteiger partial charge in [-0.25, -0.2) is 0 Å². The highest BCUT2D eigenvalue weighted by Crippen LogP contribution is 2.33. The van der Waals surface area contributed by atoms with E-state index >= 15 is 0 Å². The van der Waals surface area contributed by atoms with E-state index in [0.717, 1.165) is 22.4 Å². The second kappa shape index (κ2) is 11.7. The number of hydrogen-bond donors (Lipinski definition) is 2. The summed E-state index contributed by atoms with van der Waals surface area (Å²) in [6, 6.07) is 24.9. The topological polar surface area (TPSA) is 72.4 Å². The number of hydrogen-bond acceptors (Lipinski definition) is 4. The number of carbonyl (C=O) groups excluding carboxylic acids is 1. The molecule has 6 heteroatoms. The van der Waals surface area contributed by atoms with Gasteiger partial charge in [0.1, 0.15) is 12.1 Å². The van der Waals surface area contributed by atoms with E-state index in [1.807, 2.05) is 97.2 Å². The number of benzene rings is 3. The van der Waals surface area contributed by atoms with Crippen LogP contribution in [-0.2, 0) is 4.79 Å². The summed E-state index contributed by atoms with van der Waals surface area (Å²) in [6.45, 7) is 2.79. The van der Waals surface area contributed by atoms with Crippen LogP contribution in [0.5, 0.6) is 11.5 Å². The highest BCUT2D eigenvalue weighted by molar-refractivity contribution is 6.25.